The van der Waals surface area contributed by atoms with Crippen LogP contribution >= 0.6 is 0 Å². The Morgan fingerprint density at radius 2 is 2.26 bits per heavy atom. The Morgan fingerprint density at radius 3 is 2.95 bits per heavy atom. The van der Waals surface area contributed by atoms with Crippen molar-refractivity contribution in [3.63, 3.8) is 0 Å². The highest BCUT2D eigenvalue weighted by Gasteiger charge is 2.00. The number of hydrogen-bond donors (Lipinski definition) is 2. The minimum atomic E-state index is -0.104. The molecule has 102 valence electrons. The average molecular weight is 262 g/mol. The van der Waals surface area contributed by atoms with Crippen molar-refractivity contribution in [1.29, 1.82) is 0 Å². The van der Waals surface area contributed by atoms with Gasteiger partial charge in [-0.3, -0.25) is 4.79 Å². The van der Waals surface area contributed by atoms with Gasteiger partial charge in [0.2, 0.25) is 0 Å². The van der Waals surface area contributed by atoms with E-state index in [0.29, 0.717) is 25.3 Å². The predicted octanol–water partition coefficient (Wildman–Crippen LogP) is -0.0993. The van der Waals surface area contributed by atoms with Gasteiger partial charge in [-0.2, -0.15) is 5.10 Å². The summed E-state index contributed by atoms with van der Waals surface area (Å²) in [4.78, 5) is 15.8. The Hall–Kier alpha value is -2.15. The highest BCUT2D eigenvalue weighted by molar-refractivity contribution is 5.38. The van der Waals surface area contributed by atoms with Gasteiger partial charge in [0, 0.05) is 44.6 Å². The second-order valence-corrected chi connectivity index (χ2v) is 4.18. The molecule has 0 saturated heterocycles. The maximum absolute atomic E-state index is 11.8. The average Bonchev–Trinajstić information content (AvgIpc) is 2.92. The van der Waals surface area contributed by atoms with E-state index >= 15 is 0 Å². The van der Waals surface area contributed by atoms with Gasteiger partial charge in [0.1, 0.15) is 0 Å². The molecule has 7 heteroatoms. The molecule has 0 bridgehead atoms. The van der Waals surface area contributed by atoms with Crippen molar-refractivity contribution in [3.05, 3.63) is 41.3 Å². The molecule has 0 fully saturated rings. The van der Waals surface area contributed by atoms with E-state index < -0.39 is 0 Å². The molecule has 0 aliphatic carbocycles. The van der Waals surface area contributed by atoms with E-state index in [2.05, 4.69) is 15.4 Å². The van der Waals surface area contributed by atoms with Crippen molar-refractivity contribution in [1.82, 2.24) is 19.3 Å². The first-order valence-electron chi connectivity index (χ1n) is 6.26. The zero-order valence-electron chi connectivity index (χ0n) is 10.7. The van der Waals surface area contributed by atoms with Crippen LogP contribution in [0.1, 0.15) is 6.42 Å². The maximum Gasteiger partial charge on any atom is 0.268 e. The van der Waals surface area contributed by atoms with Gasteiger partial charge in [-0.15, -0.1) is 0 Å². The number of nitrogens with one attached hydrogen (secondary N) is 1. The van der Waals surface area contributed by atoms with Crippen molar-refractivity contribution in [3.8, 4) is 0 Å². The second-order valence-electron chi connectivity index (χ2n) is 4.18. The Kier molecular flexibility index (Phi) is 4.68. The van der Waals surface area contributed by atoms with Crippen molar-refractivity contribution >= 4 is 5.69 Å². The number of imidazole rings is 1. The molecule has 2 rings (SSSR count). The first-order chi connectivity index (χ1) is 9.29. The number of hydrogen-bond acceptors (Lipinski definition) is 5. The molecule has 2 aromatic rings. The summed E-state index contributed by atoms with van der Waals surface area (Å²) in [7, 11) is 0. The smallest absolute Gasteiger partial charge is 0.268 e. The molecule has 0 aromatic carbocycles. The highest BCUT2D eigenvalue weighted by atomic mass is 16.1. The van der Waals surface area contributed by atoms with Gasteiger partial charge < -0.3 is 15.6 Å². The quantitative estimate of drug-likeness (QED) is 0.727. The zero-order valence-corrected chi connectivity index (χ0v) is 10.7. The van der Waals surface area contributed by atoms with Crippen molar-refractivity contribution in [2.45, 2.75) is 19.5 Å². The van der Waals surface area contributed by atoms with Crippen LogP contribution in [0.25, 0.3) is 0 Å². The van der Waals surface area contributed by atoms with Gasteiger partial charge in [0.15, 0.2) is 0 Å². The Morgan fingerprint density at radius 1 is 1.37 bits per heavy atom. The third-order valence-electron chi connectivity index (χ3n) is 2.69. The lowest BCUT2D eigenvalue weighted by atomic mass is 10.4. The molecule has 2 aromatic heterocycles. The van der Waals surface area contributed by atoms with Crippen LogP contribution in [0, 0.1) is 0 Å². The van der Waals surface area contributed by atoms with E-state index in [0.717, 1.165) is 13.0 Å². The summed E-state index contributed by atoms with van der Waals surface area (Å²) in [5.41, 5.74) is 5.99. The van der Waals surface area contributed by atoms with Gasteiger partial charge in [-0.25, -0.2) is 9.67 Å². The minimum absolute atomic E-state index is 0.104. The van der Waals surface area contributed by atoms with Crippen LogP contribution in [0.5, 0.6) is 0 Å². The fourth-order valence-corrected chi connectivity index (χ4v) is 1.74. The number of aryl methyl sites for hydroxylation is 2. The molecule has 0 atom stereocenters. The summed E-state index contributed by atoms with van der Waals surface area (Å²) >= 11 is 0. The van der Waals surface area contributed by atoms with Crippen molar-refractivity contribution in [2.75, 3.05) is 18.4 Å². The summed E-state index contributed by atoms with van der Waals surface area (Å²) in [5.74, 6) is 0. The van der Waals surface area contributed by atoms with Crippen LogP contribution in [-0.2, 0) is 13.1 Å². The minimum Gasteiger partial charge on any atom is -0.382 e. The fourth-order valence-electron chi connectivity index (χ4n) is 1.74. The van der Waals surface area contributed by atoms with E-state index in [1.807, 2.05) is 10.8 Å². The van der Waals surface area contributed by atoms with Gasteiger partial charge >= 0.3 is 0 Å². The Labute approximate surface area is 111 Å². The van der Waals surface area contributed by atoms with Crippen molar-refractivity contribution in [2.24, 2.45) is 5.73 Å². The molecular formula is C12H18N6O. The molecule has 0 unspecified atom stereocenters. The van der Waals surface area contributed by atoms with E-state index in [9.17, 15) is 4.79 Å². The monoisotopic (exact) mass is 262 g/mol. The Bertz CT molecular complexity index is 548. The molecule has 0 spiro atoms. The molecule has 7 nitrogen and oxygen atoms in total. The van der Waals surface area contributed by atoms with Gasteiger partial charge in [0.25, 0.3) is 5.56 Å². The van der Waals surface area contributed by atoms with Gasteiger partial charge in [0.05, 0.1) is 18.2 Å². The van der Waals surface area contributed by atoms with Crippen LogP contribution in [0.2, 0.25) is 0 Å². The van der Waals surface area contributed by atoms with Gasteiger partial charge in [-0.1, -0.05) is 0 Å². The summed E-state index contributed by atoms with van der Waals surface area (Å²) < 4.78 is 3.44. The van der Waals surface area contributed by atoms with Crippen LogP contribution in [0.15, 0.2) is 35.8 Å². The van der Waals surface area contributed by atoms with E-state index in [1.165, 1.54) is 4.68 Å². The SMILES string of the molecule is NCCNc1cnn(CCCn2ccnc2)c(=O)c1. The van der Waals surface area contributed by atoms with Crippen molar-refractivity contribution < 1.29 is 0 Å². The van der Waals surface area contributed by atoms with E-state index in [-0.39, 0.29) is 5.56 Å². The van der Waals surface area contributed by atoms with Crippen LogP contribution < -0.4 is 16.6 Å². The molecule has 0 aliphatic heterocycles. The summed E-state index contributed by atoms with van der Waals surface area (Å²) in [6, 6.07) is 1.54. The molecular weight excluding hydrogens is 244 g/mol. The Balaban J connectivity index is 1.88. The molecule has 3 N–H and O–H groups in total. The van der Waals surface area contributed by atoms with Crippen LogP contribution in [0.4, 0.5) is 5.69 Å². The normalized spacial score (nSPS) is 10.6. The van der Waals surface area contributed by atoms with Gasteiger partial charge in [-0.05, 0) is 6.42 Å². The number of aromatic nitrogens is 4. The topological polar surface area (TPSA) is 90.8 Å². The summed E-state index contributed by atoms with van der Waals surface area (Å²) in [6.45, 7) is 2.56. The van der Waals surface area contributed by atoms with Crippen LogP contribution in [0.3, 0.4) is 0 Å². The van der Waals surface area contributed by atoms with E-state index in [4.69, 9.17) is 5.73 Å². The number of nitrogens with zero attached hydrogens (tertiary/aromatic N) is 4. The number of anilines is 1. The first-order valence-corrected chi connectivity index (χ1v) is 6.26. The number of rotatable bonds is 7. The molecule has 0 saturated carbocycles. The molecule has 0 aliphatic rings. The second kappa shape index (κ2) is 6.69. The third-order valence-corrected chi connectivity index (χ3v) is 2.69. The van der Waals surface area contributed by atoms with Crippen LogP contribution in [-0.4, -0.2) is 32.4 Å². The molecule has 2 heterocycles. The highest BCUT2D eigenvalue weighted by Crippen LogP contribution is 1.99. The molecule has 0 amide bonds. The fraction of sp³-hybridized carbons (Fsp3) is 0.417. The lowest BCUT2D eigenvalue weighted by Gasteiger charge is -2.07. The first kappa shape index (κ1) is 13.3. The zero-order chi connectivity index (χ0) is 13.5. The largest absolute Gasteiger partial charge is 0.382 e. The maximum atomic E-state index is 11.8. The lowest BCUT2D eigenvalue weighted by molar-refractivity contribution is 0.507. The molecule has 0 radical (unpaired) electrons. The standard InChI is InChI=1S/C12H18N6O/c13-2-3-15-11-8-12(19)18(16-9-11)6-1-5-17-7-4-14-10-17/h4,7-10,15H,1-3,5-6,13H2. The third kappa shape index (κ3) is 3.92. The summed E-state index contributed by atoms with van der Waals surface area (Å²) in [6.07, 6.45) is 7.88. The lowest BCUT2D eigenvalue weighted by Crippen LogP contribution is -2.24. The number of nitrogens with two attached hydrogens (primary N) is 1. The van der Waals surface area contributed by atoms with E-state index in [1.54, 1.807) is 24.8 Å². The molecule has 19 heavy (non-hydrogen) atoms. The summed E-state index contributed by atoms with van der Waals surface area (Å²) in [5, 5.41) is 7.15. The predicted molar refractivity (Wildman–Crippen MR) is 72.9 cm³/mol.